The molecule has 1 saturated heterocycles. The van der Waals surface area contributed by atoms with E-state index in [4.69, 9.17) is 6.42 Å². The summed E-state index contributed by atoms with van der Waals surface area (Å²) in [5.74, 6) is 2.56. The lowest BCUT2D eigenvalue weighted by Crippen LogP contribution is -2.52. The molecule has 1 fully saturated rings. The summed E-state index contributed by atoms with van der Waals surface area (Å²) in [6.45, 7) is 6.65. The van der Waals surface area contributed by atoms with Crippen molar-refractivity contribution in [3.05, 3.63) is 0 Å². The third kappa shape index (κ3) is 6.04. The summed E-state index contributed by atoms with van der Waals surface area (Å²) in [5.41, 5.74) is 0. The standard InChI is InChI=1S/C14H24N4O2/c1-3-5-15-11-14(20)18-9-7-17(8-10-18)12-13(19)16-6-4-2/h1,15H,4-12H2,2H3,(H,16,19). The molecule has 0 saturated carbocycles. The summed E-state index contributed by atoms with van der Waals surface area (Å²) < 4.78 is 0. The molecular weight excluding hydrogens is 256 g/mol. The molecule has 0 aromatic rings. The second-order valence-electron chi connectivity index (χ2n) is 4.81. The molecule has 0 atom stereocenters. The van der Waals surface area contributed by atoms with Crippen LogP contribution in [0.25, 0.3) is 0 Å². The Balaban J connectivity index is 2.21. The van der Waals surface area contributed by atoms with Gasteiger partial charge in [-0.3, -0.25) is 19.8 Å². The van der Waals surface area contributed by atoms with Crippen molar-refractivity contribution in [3.63, 3.8) is 0 Å². The van der Waals surface area contributed by atoms with Gasteiger partial charge in [0, 0.05) is 32.7 Å². The van der Waals surface area contributed by atoms with E-state index in [2.05, 4.69) is 21.5 Å². The highest BCUT2D eigenvalue weighted by molar-refractivity contribution is 5.79. The van der Waals surface area contributed by atoms with E-state index < -0.39 is 0 Å². The molecule has 0 aliphatic carbocycles. The highest BCUT2D eigenvalue weighted by Crippen LogP contribution is 2.01. The zero-order valence-electron chi connectivity index (χ0n) is 12.2. The quantitative estimate of drug-likeness (QED) is 0.458. The smallest absolute Gasteiger partial charge is 0.236 e. The first-order valence-electron chi connectivity index (χ1n) is 7.08. The second-order valence-corrected chi connectivity index (χ2v) is 4.81. The number of carbonyl (C=O) groups is 2. The van der Waals surface area contributed by atoms with Crippen molar-refractivity contribution in [1.29, 1.82) is 0 Å². The molecule has 1 rings (SSSR count). The van der Waals surface area contributed by atoms with Crippen LogP contribution in [0.5, 0.6) is 0 Å². The number of nitrogens with one attached hydrogen (secondary N) is 2. The molecule has 0 aromatic carbocycles. The maximum atomic E-state index is 11.8. The van der Waals surface area contributed by atoms with Crippen molar-refractivity contribution in [2.75, 3.05) is 52.4 Å². The normalized spacial score (nSPS) is 15.7. The fourth-order valence-corrected chi connectivity index (χ4v) is 2.03. The van der Waals surface area contributed by atoms with Crippen LogP contribution in [-0.4, -0.2) is 74.0 Å². The second kappa shape index (κ2) is 9.34. The number of hydrogen-bond donors (Lipinski definition) is 2. The number of terminal acetylenes is 1. The topological polar surface area (TPSA) is 64.7 Å². The van der Waals surface area contributed by atoms with Gasteiger partial charge in [0.2, 0.25) is 11.8 Å². The predicted octanol–water partition coefficient (Wildman–Crippen LogP) is -1.12. The Kier molecular flexibility index (Phi) is 7.70. The summed E-state index contributed by atoms with van der Waals surface area (Å²) in [5, 5.41) is 5.75. The van der Waals surface area contributed by atoms with Crippen LogP contribution in [0.4, 0.5) is 0 Å². The van der Waals surface area contributed by atoms with Crippen LogP contribution in [0.15, 0.2) is 0 Å². The highest BCUT2D eigenvalue weighted by atomic mass is 16.2. The number of hydrogen-bond acceptors (Lipinski definition) is 4. The largest absolute Gasteiger partial charge is 0.355 e. The Labute approximate surface area is 120 Å². The van der Waals surface area contributed by atoms with Gasteiger partial charge in [0.25, 0.3) is 0 Å². The van der Waals surface area contributed by atoms with E-state index >= 15 is 0 Å². The minimum absolute atomic E-state index is 0.0577. The molecule has 0 spiro atoms. The van der Waals surface area contributed by atoms with Crippen LogP contribution in [0.3, 0.4) is 0 Å². The summed E-state index contributed by atoms with van der Waals surface area (Å²) in [7, 11) is 0. The maximum absolute atomic E-state index is 11.8. The Bertz CT molecular complexity index is 357. The number of amides is 2. The Morgan fingerprint density at radius 3 is 2.55 bits per heavy atom. The number of rotatable bonds is 7. The lowest BCUT2D eigenvalue weighted by molar-refractivity contribution is -0.132. The van der Waals surface area contributed by atoms with Crippen LogP contribution >= 0.6 is 0 Å². The average Bonchev–Trinajstić information content (AvgIpc) is 2.46. The van der Waals surface area contributed by atoms with E-state index in [1.807, 2.05) is 11.8 Å². The van der Waals surface area contributed by atoms with Crippen molar-refractivity contribution >= 4 is 11.8 Å². The van der Waals surface area contributed by atoms with Gasteiger partial charge in [-0.1, -0.05) is 12.8 Å². The average molecular weight is 280 g/mol. The molecule has 112 valence electrons. The van der Waals surface area contributed by atoms with Crippen LogP contribution in [0.2, 0.25) is 0 Å². The van der Waals surface area contributed by atoms with Gasteiger partial charge in [0.05, 0.1) is 19.6 Å². The lowest BCUT2D eigenvalue weighted by atomic mass is 10.3. The van der Waals surface area contributed by atoms with E-state index in [1.54, 1.807) is 0 Å². The zero-order chi connectivity index (χ0) is 14.8. The number of nitrogens with zero attached hydrogens (tertiary/aromatic N) is 2. The predicted molar refractivity (Wildman–Crippen MR) is 78.0 cm³/mol. The van der Waals surface area contributed by atoms with Crippen molar-refractivity contribution in [2.24, 2.45) is 0 Å². The van der Waals surface area contributed by atoms with E-state index in [9.17, 15) is 9.59 Å². The van der Waals surface area contributed by atoms with Crippen LogP contribution in [0, 0.1) is 12.3 Å². The van der Waals surface area contributed by atoms with Gasteiger partial charge < -0.3 is 10.2 Å². The number of carbonyl (C=O) groups excluding carboxylic acids is 2. The fraction of sp³-hybridized carbons (Fsp3) is 0.714. The van der Waals surface area contributed by atoms with Crippen molar-refractivity contribution in [1.82, 2.24) is 20.4 Å². The Hall–Kier alpha value is -1.58. The van der Waals surface area contributed by atoms with E-state index in [0.717, 1.165) is 26.1 Å². The summed E-state index contributed by atoms with van der Waals surface area (Å²) in [6, 6.07) is 0. The Morgan fingerprint density at radius 1 is 1.25 bits per heavy atom. The molecule has 20 heavy (non-hydrogen) atoms. The van der Waals surface area contributed by atoms with E-state index in [1.165, 1.54) is 0 Å². The molecular formula is C14H24N4O2. The SMILES string of the molecule is C#CCNCC(=O)N1CCN(CC(=O)NCCC)CC1. The minimum Gasteiger partial charge on any atom is -0.355 e. The molecule has 0 bridgehead atoms. The molecule has 2 amide bonds. The van der Waals surface area contributed by atoms with Gasteiger partial charge in [-0.15, -0.1) is 6.42 Å². The van der Waals surface area contributed by atoms with Gasteiger partial charge in [-0.05, 0) is 6.42 Å². The molecule has 0 unspecified atom stereocenters. The molecule has 6 nitrogen and oxygen atoms in total. The highest BCUT2D eigenvalue weighted by Gasteiger charge is 2.21. The molecule has 2 N–H and O–H groups in total. The maximum Gasteiger partial charge on any atom is 0.236 e. The van der Waals surface area contributed by atoms with Crippen LogP contribution in [0.1, 0.15) is 13.3 Å². The first kappa shape index (κ1) is 16.5. The minimum atomic E-state index is 0.0577. The first-order chi connectivity index (χ1) is 9.67. The Morgan fingerprint density at radius 2 is 1.95 bits per heavy atom. The lowest BCUT2D eigenvalue weighted by Gasteiger charge is -2.34. The molecule has 1 aliphatic rings. The monoisotopic (exact) mass is 280 g/mol. The van der Waals surface area contributed by atoms with Crippen molar-refractivity contribution in [3.8, 4) is 12.3 Å². The summed E-state index contributed by atoms with van der Waals surface area (Å²) in [6.07, 6.45) is 6.05. The zero-order valence-corrected chi connectivity index (χ0v) is 12.2. The van der Waals surface area contributed by atoms with Crippen molar-refractivity contribution < 1.29 is 9.59 Å². The van der Waals surface area contributed by atoms with Gasteiger partial charge in [0.15, 0.2) is 0 Å². The van der Waals surface area contributed by atoms with Gasteiger partial charge in [-0.2, -0.15) is 0 Å². The third-order valence-corrected chi connectivity index (χ3v) is 3.17. The summed E-state index contributed by atoms with van der Waals surface area (Å²) >= 11 is 0. The summed E-state index contributed by atoms with van der Waals surface area (Å²) in [4.78, 5) is 27.3. The van der Waals surface area contributed by atoms with Crippen molar-refractivity contribution in [2.45, 2.75) is 13.3 Å². The van der Waals surface area contributed by atoms with Gasteiger partial charge in [-0.25, -0.2) is 0 Å². The van der Waals surface area contributed by atoms with Crippen LogP contribution in [-0.2, 0) is 9.59 Å². The molecule has 1 aliphatic heterocycles. The molecule has 0 radical (unpaired) electrons. The first-order valence-corrected chi connectivity index (χ1v) is 7.08. The van der Waals surface area contributed by atoms with Gasteiger partial charge in [0.1, 0.15) is 0 Å². The fourth-order valence-electron chi connectivity index (χ4n) is 2.03. The third-order valence-electron chi connectivity index (χ3n) is 3.17. The molecule has 1 heterocycles. The number of piperazine rings is 1. The molecule has 0 aromatic heterocycles. The van der Waals surface area contributed by atoms with E-state index in [-0.39, 0.29) is 18.4 Å². The van der Waals surface area contributed by atoms with Gasteiger partial charge >= 0.3 is 0 Å². The van der Waals surface area contributed by atoms with Crippen LogP contribution < -0.4 is 10.6 Å². The molecule has 6 heteroatoms. The van der Waals surface area contributed by atoms with E-state index in [0.29, 0.717) is 26.2 Å².